The molecule has 1 aromatic carbocycles. The molecule has 1 N–H and O–H groups in total. The number of aromatic nitrogens is 2. The van der Waals surface area contributed by atoms with Gasteiger partial charge in [-0.3, -0.25) is 0 Å². The minimum absolute atomic E-state index is 0.133. The van der Waals surface area contributed by atoms with Crippen LogP contribution in [0.3, 0.4) is 0 Å². The summed E-state index contributed by atoms with van der Waals surface area (Å²) in [6.45, 7) is 4.11. The maximum absolute atomic E-state index is 13.3. The quantitative estimate of drug-likeness (QED) is 0.429. The van der Waals surface area contributed by atoms with Gasteiger partial charge in [0.05, 0.1) is 24.7 Å². The van der Waals surface area contributed by atoms with E-state index in [1.165, 1.54) is 12.1 Å². The molecule has 35 heavy (non-hydrogen) atoms. The van der Waals surface area contributed by atoms with Crippen LogP contribution in [-0.2, 0) is 12.4 Å². The van der Waals surface area contributed by atoms with Crippen LogP contribution in [0.15, 0.2) is 36.4 Å². The number of benzene rings is 1. The van der Waals surface area contributed by atoms with Gasteiger partial charge in [-0.05, 0) is 55.3 Å². The number of nitrogens with zero attached hydrogens (tertiary/aromatic N) is 5. The lowest BCUT2D eigenvalue weighted by Crippen LogP contribution is -2.26. The van der Waals surface area contributed by atoms with Crippen LogP contribution in [0.1, 0.15) is 22.5 Å². The zero-order valence-corrected chi connectivity index (χ0v) is 18.9. The molecule has 0 aliphatic carbocycles. The normalized spacial score (nSPS) is 15.4. The molecule has 0 unspecified atom stereocenters. The van der Waals surface area contributed by atoms with Crippen LogP contribution < -0.4 is 20.0 Å². The minimum Gasteiger partial charge on any atom is -0.364 e. The number of hydrogen-bond acceptors (Lipinski definition) is 6. The predicted molar refractivity (Wildman–Crippen MR) is 120 cm³/mol. The van der Waals surface area contributed by atoms with Gasteiger partial charge in [0, 0.05) is 18.4 Å². The fourth-order valence-electron chi connectivity index (χ4n) is 4.44. The van der Waals surface area contributed by atoms with Gasteiger partial charge in [-0.25, -0.2) is 9.97 Å². The van der Waals surface area contributed by atoms with Crippen molar-refractivity contribution in [1.29, 1.82) is 0 Å². The molecule has 3 aromatic rings. The average Bonchev–Trinajstić information content (AvgIpc) is 3.33. The maximum atomic E-state index is 13.3. The highest BCUT2D eigenvalue weighted by molar-refractivity contribution is 5.85. The van der Waals surface area contributed by atoms with Gasteiger partial charge in [-0.15, -0.1) is 0 Å². The van der Waals surface area contributed by atoms with E-state index in [2.05, 4.69) is 15.3 Å². The molecule has 12 heteroatoms. The van der Waals surface area contributed by atoms with Crippen molar-refractivity contribution in [1.82, 2.24) is 9.97 Å². The molecule has 0 fully saturated rings. The lowest BCUT2D eigenvalue weighted by atomic mass is 10.1. The molecule has 0 saturated carbocycles. The highest BCUT2D eigenvalue weighted by Gasteiger charge is 2.37. The van der Waals surface area contributed by atoms with E-state index >= 15 is 0 Å². The second-order valence-corrected chi connectivity index (χ2v) is 8.56. The Bertz CT molecular complexity index is 1320. The Balaban J connectivity index is 1.60. The Labute approximate surface area is 196 Å². The summed E-state index contributed by atoms with van der Waals surface area (Å²) in [5.74, 6) is 0.298. The summed E-state index contributed by atoms with van der Waals surface area (Å²) in [6.07, 6.45) is -9.19. The van der Waals surface area contributed by atoms with Gasteiger partial charge in [0.15, 0.2) is 11.6 Å². The van der Waals surface area contributed by atoms with E-state index in [1.54, 1.807) is 27.8 Å². The van der Waals surface area contributed by atoms with Crippen molar-refractivity contribution in [2.24, 2.45) is 0 Å². The maximum Gasteiger partial charge on any atom is 0.433 e. The number of aryl methyl sites for hydroxylation is 2. The summed E-state index contributed by atoms with van der Waals surface area (Å²) in [6, 6.07) is 8.20. The molecule has 0 atom stereocenters. The molecule has 0 radical (unpaired) electrons. The first-order valence-corrected chi connectivity index (χ1v) is 10.6. The summed E-state index contributed by atoms with van der Waals surface area (Å²) in [5.41, 5.74) is 1.76. The molecule has 6 nitrogen and oxygen atoms in total. The monoisotopic (exact) mass is 494 g/mol. The number of nitrogens with one attached hydrogen (secondary N) is 1. The largest absolute Gasteiger partial charge is 0.433 e. The molecule has 0 bridgehead atoms. The minimum atomic E-state index is -4.60. The van der Waals surface area contributed by atoms with Crippen LogP contribution in [0.5, 0.6) is 0 Å². The van der Waals surface area contributed by atoms with E-state index in [1.807, 2.05) is 19.9 Å². The Morgan fingerprint density at radius 3 is 1.94 bits per heavy atom. The average molecular weight is 494 g/mol. The van der Waals surface area contributed by atoms with Crippen molar-refractivity contribution < 1.29 is 26.3 Å². The number of hydrogen-bond donors (Lipinski definition) is 1. The summed E-state index contributed by atoms with van der Waals surface area (Å²) in [4.78, 5) is 12.8. The number of fused-ring (bicyclic) bond motifs is 2. The third-order valence-corrected chi connectivity index (χ3v) is 6.11. The predicted octanol–water partition coefficient (Wildman–Crippen LogP) is 6.20. The molecule has 4 heterocycles. The third kappa shape index (κ3) is 3.86. The molecule has 2 aromatic heterocycles. The first kappa shape index (κ1) is 23.1. The van der Waals surface area contributed by atoms with Gasteiger partial charge in [0.25, 0.3) is 0 Å². The van der Waals surface area contributed by atoms with E-state index in [9.17, 15) is 26.3 Å². The second kappa shape index (κ2) is 7.65. The van der Waals surface area contributed by atoms with Crippen LogP contribution in [-0.4, -0.2) is 30.4 Å². The van der Waals surface area contributed by atoms with E-state index in [0.717, 1.165) is 23.3 Å². The lowest BCUT2D eigenvalue weighted by Gasteiger charge is -2.26. The topological polar surface area (TPSA) is 47.5 Å². The Hall–Kier alpha value is -3.70. The molecular weight excluding hydrogens is 474 g/mol. The SMILES string of the molecule is Cc1cc(C)c(N2CN(C)c3ccc(C(F)(F)F)nc32)cc1N1CNc2ccc(C(F)(F)F)nc21. The zero-order chi connectivity index (χ0) is 25.3. The van der Waals surface area contributed by atoms with Crippen LogP contribution in [0.2, 0.25) is 0 Å². The van der Waals surface area contributed by atoms with Crippen LogP contribution in [0.25, 0.3) is 0 Å². The van der Waals surface area contributed by atoms with E-state index in [0.29, 0.717) is 22.7 Å². The lowest BCUT2D eigenvalue weighted by molar-refractivity contribution is -0.141. The molecule has 0 amide bonds. The molecule has 5 rings (SSSR count). The summed E-state index contributed by atoms with van der Waals surface area (Å²) >= 11 is 0. The highest BCUT2D eigenvalue weighted by Crippen LogP contribution is 2.45. The molecule has 2 aliphatic heterocycles. The van der Waals surface area contributed by atoms with Crippen LogP contribution >= 0.6 is 0 Å². The van der Waals surface area contributed by atoms with Gasteiger partial charge >= 0.3 is 12.4 Å². The third-order valence-electron chi connectivity index (χ3n) is 6.11. The fraction of sp³-hybridized carbons (Fsp3) is 0.304. The second-order valence-electron chi connectivity index (χ2n) is 8.56. The van der Waals surface area contributed by atoms with Crippen molar-refractivity contribution >= 4 is 34.4 Å². The summed E-state index contributed by atoms with van der Waals surface area (Å²) < 4.78 is 79.9. The van der Waals surface area contributed by atoms with Gasteiger partial charge < -0.3 is 20.0 Å². The Morgan fingerprint density at radius 2 is 1.31 bits per heavy atom. The Kier molecular flexibility index (Phi) is 5.04. The van der Waals surface area contributed by atoms with Crippen molar-refractivity contribution in [2.75, 3.05) is 40.4 Å². The Morgan fingerprint density at radius 1 is 0.743 bits per heavy atom. The van der Waals surface area contributed by atoms with Gasteiger partial charge in [-0.2, -0.15) is 26.3 Å². The van der Waals surface area contributed by atoms with E-state index < -0.39 is 23.7 Å². The number of alkyl halides is 6. The van der Waals surface area contributed by atoms with E-state index in [-0.39, 0.29) is 25.0 Å². The molecular formula is C23H20F6N6. The van der Waals surface area contributed by atoms with Crippen LogP contribution in [0, 0.1) is 13.8 Å². The smallest absolute Gasteiger partial charge is 0.364 e. The van der Waals surface area contributed by atoms with Crippen molar-refractivity contribution in [3.8, 4) is 0 Å². The van der Waals surface area contributed by atoms with Gasteiger partial charge in [0.1, 0.15) is 11.4 Å². The first-order valence-electron chi connectivity index (χ1n) is 10.6. The van der Waals surface area contributed by atoms with Crippen LogP contribution in [0.4, 0.5) is 60.7 Å². The van der Waals surface area contributed by atoms with Crippen molar-refractivity contribution in [2.45, 2.75) is 26.2 Å². The summed E-state index contributed by atoms with van der Waals surface area (Å²) in [7, 11) is 1.75. The number of pyridine rings is 2. The number of rotatable bonds is 2. The summed E-state index contributed by atoms with van der Waals surface area (Å²) in [5, 5.41) is 3.04. The highest BCUT2D eigenvalue weighted by atomic mass is 19.4. The number of halogens is 6. The van der Waals surface area contributed by atoms with Gasteiger partial charge in [0.2, 0.25) is 0 Å². The molecule has 0 spiro atoms. The van der Waals surface area contributed by atoms with Crippen molar-refractivity contribution in [3.63, 3.8) is 0 Å². The fourth-order valence-corrected chi connectivity index (χ4v) is 4.44. The molecule has 2 aliphatic rings. The zero-order valence-electron chi connectivity index (χ0n) is 18.9. The number of anilines is 6. The molecule has 184 valence electrons. The molecule has 0 saturated heterocycles. The first-order chi connectivity index (χ1) is 16.3. The van der Waals surface area contributed by atoms with Gasteiger partial charge in [-0.1, -0.05) is 6.07 Å². The standard InChI is InChI=1S/C23H20F6N6/c1-12-8-13(2)17(35-11-33(3)15-5-7-19(23(27,28)29)32-21(15)35)9-16(12)34-10-30-14-4-6-18(22(24,25)26)31-20(14)34/h4-9,30H,10-11H2,1-3H3. The van der Waals surface area contributed by atoms with E-state index in [4.69, 9.17) is 0 Å². The van der Waals surface area contributed by atoms with Crippen molar-refractivity contribution in [3.05, 3.63) is 58.9 Å².